The van der Waals surface area contributed by atoms with Gasteiger partial charge in [-0.05, 0) is 35.9 Å². The summed E-state index contributed by atoms with van der Waals surface area (Å²) in [5, 5.41) is 3.21. The Labute approximate surface area is 185 Å². The standard InChI is InChI=1S/C23H22ClN3O4/c1-27(23(29)16-6-4-8-18(12-16)30-2)14-17-7-5-9-19(24)21(17)26-22(28)15-10-11-25-20(13-15)31-3/h4-13H,14H2,1-3H3,(H,26,28). The van der Waals surface area contributed by atoms with Gasteiger partial charge in [0.25, 0.3) is 11.8 Å². The summed E-state index contributed by atoms with van der Waals surface area (Å²) in [7, 11) is 4.71. The van der Waals surface area contributed by atoms with Crippen molar-refractivity contribution >= 4 is 29.1 Å². The lowest BCUT2D eigenvalue weighted by Gasteiger charge is -2.20. The molecule has 3 aromatic rings. The van der Waals surface area contributed by atoms with E-state index in [0.29, 0.717) is 39.0 Å². The largest absolute Gasteiger partial charge is 0.497 e. The van der Waals surface area contributed by atoms with Crippen molar-refractivity contribution in [1.82, 2.24) is 9.88 Å². The van der Waals surface area contributed by atoms with Crippen LogP contribution in [0.4, 0.5) is 5.69 Å². The van der Waals surface area contributed by atoms with Gasteiger partial charge in [-0.15, -0.1) is 0 Å². The molecule has 8 heteroatoms. The van der Waals surface area contributed by atoms with Crippen LogP contribution >= 0.6 is 11.6 Å². The number of carbonyl (C=O) groups excluding carboxylic acids is 2. The van der Waals surface area contributed by atoms with Crippen LogP contribution in [0.2, 0.25) is 5.02 Å². The summed E-state index contributed by atoms with van der Waals surface area (Å²) >= 11 is 6.37. The molecule has 0 aliphatic rings. The fraction of sp³-hybridized carbons (Fsp3) is 0.174. The normalized spacial score (nSPS) is 10.3. The predicted octanol–water partition coefficient (Wildman–Crippen LogP) is 4.28. The molecule has 2 amide bonds. The maximum absolute atomic E-state index is 12.9. The Balaban J connectivity index is 1.81. The topological polar surface area (TPSA) is 80.8 Å². The molecule has 0 aliphatic heterocycles. The van der Waals surface area contributed by atoms with E-state index in [9.17, 15) is 9.59 Å². The van der Waals surface area contributed by atoms with Crippen LogP contribution in [0.15, 0.2) is 60.8 Å². The number of anilines is 1. The Morgan fingerprint density at radius 3 is 2.55 bits per heavy atom. The molecule has 0 unspecified atom stereocenters. The summed E-state index contributed by atoms with van der Waals surface area (Å²) in [6.45, 7) is 0.242. The Bertz CT molecular complexity index is 1100. The molecule has 1 heterocycles. The molecule has 7 nitrogen and oxygen atoms in total. The van der Waals surface area contributed by atoms with Crippen molar-refractivity contribution in [1.29, 1.82) is 0 Å². The maximum Gasteiger partial charge on any atom is 0.255 e. The molecule has 0 atom stereocenters. The molecule has 0 fully saturated rings. The van der Waals surface area contributed by atoms with Gasteiger partial charge in [0.2, 0.25) is 5.88 Å². The van der Waals surface area contributed by atoms with Crippen LogP contribution in [0, 0.1) is 0 Å². The number of nitrogens with one attached hydrogen (secondary N) is 1. The minimum atomic E-state index is -0.364. The minimum Gasteiger partial charge on any atom is -0.497 e. The zero-order chi connectivity index (χ0) is 22.4. The third kappa shape index (κ3) is 5.32. The van der Waals surface area contributed by atoms with Gasteiger partial charge in [-0.2, -0.15) is 0 Å². The summed E-state index contributed by atoms with van der Waals surface area (Å²) in [6.07, 6.45) is 1.49. The summed E-state index contributed by atoms with van der Waals surface area (Å²) < 4.78 is 10.3. The quantitative estimate of drug-likeness (QED) is 0.594. The number of halogens is 1. The molecule has 160 valence electrons. The number of carbonyl (C=O) groups is 2. The van der Waals surface area contributed by atoms with E-state index in [1.54, 1.807) is 61.5 Å². The molecule has 2 aromatic carbocycles. The SMILES string of the molecule is COc1cccc(C(=O)N(C)Cc2cccc(Cl)c2NC(=O)c2ccnc(OC)c2)c1. The summed E-state index contributed by atoms with van der Waals surface area (Å²) in [6, 6.07) is 15.3. The van der Waals surface area contributed by atoms with E-state index in [1.807, 2.05) is 6.07 Å². The number of nitrogens with zero attached hydrogens (tertiary/aromatic N) is 2. The lowest BCUT2D eigenvalue weighted by molar-refractivity contribution is 0.0785. The van der Waals surface area contributed by atoms with E-state index in [1.165, 1.54) is 19.4 Å². The highest BCUT2D eigenvalue weighted by molar-refractivity contribution is 6.34. The molecule has 31 heavy (non-hydrogen) atoms. The lowest BCUT2D eigenvalue weighted by atomic mass is 10.1. The van der Waals surface area contributed by atoms with Crippen LogP contribution in [0.5, 0.6) is 11.6 Å². The molecule has 0 radical (unpaired) electrons. The van der Waals surface area contributed by atoms with Crippen molar-refractivity contribution in [3.63, 3.8) is 0 Å². The summed E-state index contributed by atoms with van der Waals surface area (Å²) in [5.74, 6) is 0.380. The highest BCUT2D eigenvalue weighted by Gasteiger charge is 2.18. The Kier molecular flexibility index (Phi) is 7.10. The second-order valence-corrected chi connectivity index (χ2v) is 7.12. The van der Waals surface area contributed by atoms with E-state index in [4.69, 9.17) is 21.1 Å². The first-order valence-electron chi connectivity index (χ1n) is 9.41. The van der Waals surface area contributed by atoms with Gasteiger partial charge in [0.05, 0.1) is 24.9 Å². The van der Waals surface area contributed by atoms with Crippen LogP contribution < -0.4 is 14.8 Å². The van der Waals surface area contributed by atoms with E-state index < -0.39 is 0 Å². The molecule has 0 aliphatic carbocycles. The average Bonchev–Trinajstić information content (AvgIpc) is 2.80. The lowest BCUT2D eigenvalue weighted by Crippen LogP contribution is -2.27. The van der Waals surface area contributed by atoms with Gasteiger partial charge in [0, 0.05) is 37.0 Å². The number of aromatic nitrogens is 1. The van der Waals surface area contributed by atoms with Crippen molar-refractivity contribution in [3.05, 3.63) is 82.5 Å². The van der Waals surface area contributed by atoms with Crippen molar-refractivity contribution in [2.45, 2.75) is 6.54 Å². The van der Waals surface area contributed by atoms with Crippen LogP contribution in [0.3, 0.4) is 0 Å². The van der Waals surface area contributed by atoms with E-state index in [0.717, 1.165) is 0 Å². The van der Waals surface area contributed by atoms with Crippen LogP contribution in [-0.2, 0) is 6.54 Å². The van der Waals surface area contributed by atoms with Gasteiger partial charge in [-0.25, -0.2) is 4.98 Å². The average molecular weight is 440 g/mol. The Morgan fingerprint density at radius 1 is 1.03 bits per heavy atom. The zero-order valence-electron chi connectivity index (χ0n) is 17.4. The highest BCUT2D eigenvalue weighted by Crippen LogP contribution is 2.28. The van der Waals surface area contributed by atoms with Crippen LogP contribution in [-0.4, -0.2) is 43.0 Å². The van der Waals surface area contributed by atoms with Gasteiger partial charge in [0.1, 0.15) is 5.75 Å². The maximum atomic E-state index is 12.9. The van der Waals surface area contributed by atoms with Gasteiger partial charge in [0.15, 0.2) is 0 Å². The first-order chi connectivity index (χ1) is 14.9. The third-order valence-corrected chi connectivity index (χ3v) is 4.93. The van der Waals surface area contributed by atoms with E-state index in [2.05, 4.69) is 10.3 Å². The number of ether oxygens (including phenoxy) is 2. The molecule has 1 N–H and O–H groups in total. The van der Waals surface area contributed by atoms with Crippen molar-refractivity contribution in [3.8, 4) is 11.6 Å². The molecular formula is C23H22ClN3O4. The van der Waals surface area contributed by atoms with Gasteiger partial charge < -0.3 is 19.7 Å². The van der Waals surface area contributed by atoms with Crippen LogP contribution in [0.25, 0.3) is 0 Å². The third-order valence-electron chi connectivity index (χ3n) is 4.62. The monoisotopic (exact) mass is 439 g/mol. The zero-order valence-corrected chi connectivity index (χ0v) is 18.1. The first-order valence-corrected chi connectivity index (χ1v) is 9.79. The fourth-order valence-corrected chi connectivity index (χ4v) is 3.23. The smallest absolute Gasteiger partial charge is 0.255 e. The number of amides is 2. The van der Waals surface area contributed by atoms with Gasteiger partial charge >= 0.3 is 0 Å². The van der Waals surface area contributed by atoms with E-state index >= 15 is 0 Å². The number of pyridine rings is 1. The number of methoxy groups -OCH3 is 2. The molecule has 1 aromatic heterocycles. The number of rotatable bonds is 7. The van der Waals surface area contributed by atoms with Crippen LogP contribution in [0.1, 0.15) is 26.3 Å². The van der Waals surface area contributed by atoms with E-state index in [-0.39, 0.29) is 18.4 Å². The van der Waals surface area contributed by atoms with Gasteiger partial charge in [-0.3, -0.25) is 9.59 Å². The van der Waals surface area contributed by atoms with Crippen molar-refractivity contribution < 1.29 is 19.1 Å². The number of para-hydroxylation sites is 1. The molecule has 0 bridgehead atoms. The predicted molar refractivity (Wildman–Crippen MR) is 119 cm³/mol. The Hall–Kier alpha value is -3.58. The number of benzene rings is 2. The number of hydrogen-bond acceptors (Lipinski definition) is 5. The fourth-order valence-electron chi connectivity index (χ4n) is 2.99. The second-order valence-electron chi connectivity index (χ2n) is 6.71. The summed E-state index contributed by atoms with van der Waals surface area (Å²) in [5.41, 5.74) is 2.01. The molecule has 3 rings (SSSR count). The number of hydrogen-bond donors (Lipinski definition) is 1. The minimum absolute atomic E-state index is 0.185. The molecule has 0 spiro atoms. The first kappa shape index (κ1) is 22.1. The summed E-state index contributed by atoms with van der Waals surface area (Å²) in [4.78, 5) is 31.2. The highest BCUT2D eigenvalue weighted by atomic mass is 35.5. The molecule has 0 saturated heterocycles. The molecular weight excluding hydrogens is 418 g/mol. The van der Waals surface area contributed by atoms with Gasteiger partial charge in [-0.1, -0.05) is 29.8 Å². The Morgan fingerprint density at radius 2 is 1.81 bits per heavy atom. The van der Waals surface area contributed by atoms with Crippen molar-refractivity contribution in [2.75, 3.05) is 26.6 Å². The second kappa shape index (κ2) is 9.95. The molecule has 0 saturated carbocycles. The van der Waals surface area contributed by atoms with Crippen molar-refractivity contribution in [2.24, 2.45) is 0 Å².